The molecule has 0 saturated heterocycles. The van der Waals surface area contributed by atoms with Crippen molar-refractivity contribution in [3.05, 3.63) is 76.1 Å². The summed E-state index contributed by atoms with van der Waals surface area (Å²) in [5.74, 6) is -1.66. The maximum Gasteiger partial charge on any atom is 0.349 e. The second-order valence-electron chi connectivity index (χ2n) is 5.97. The highest BCUT2D eigenvalue weighted by molar-refractivity contribution is 7.18. The van der Waals surface area contributed by atoms with Crippen LogP contribution in [0, 0.1) is 6.92 Å². The molecule has 0 aliphatic heterocycles. The van der Waals surface area contributed by atoms with Gasteiger partial charge in [0.1, 0.15) is 16.5 Å². The second-order valence-corrected chi connectivity index (χ2v) is 6.99. The minimum atomic E-state index is -0.627. The quantitative estimate of drug-likeness (QED) is 0.576. The third-order valence-electron chi connectivity index (χ3n) is 4.00. The van der Waals surface area contributed by atoms with Crippen LogP contribution in [0.5, 0.6) is 0 Å². The maximum atomic E-state index is 12.6. The first-order valence-electron chi connectivity index (χ1n) is 8.87. The number of carbonyl (C=O) groups is 3. The first-order chi connectivity index (χ1) is 14.0. The molecule has 29 heavy (non-hydrogen) atoms. The van der Waals surface area contributed by atoms with E-state index in [9.17, 15) is 14.4 Å². The van der Waals surface area contributed by atoms with Crippen LogP contribution in [-0.4, -0.2) is 24.5 Å². The molecule has 1 N–H and O–H groups in total. The van der Waals surface area contributed by atoms with E-state index in [1.165, 1.54) is 12.3 Å². The number of benzene rings is 1. The number of esters is 2. The number of nitrogens with one attached hydrogen (secondary N) is 1. The Balaban J connectivity index is 1.86. The van der Waals surface area contributed by atoms with Crippen LogP contribution in [0.4, 0.5) is 5.00 Å². The molecule has 3 aromatic rings. The van der Waals surface area contributed by atoms with Crippen LogP contribution < -0.4 is 5.32 Å². The van der Waals surface area contributed by atoms with Crippen molar-refractivity contribution in [2.24, 2.45) is 0 Å². The van der Waals surface area contributed by atoms with Crippen LogP contribution >= 0.6 is 11.3 Å². The summed E-state index contributed by atoms with van der Waals surface area (Å²) in [6.45, 7) is 3.55. The summed E-state index contributed by atoms with van der Waals surface area (Å²) in [4.78, 5) is 37.6. The first-order valence-corrected chi connectivity index (χ1v) is 9.69. The minimum absolute atomic E-state index is 0.0825. The summed E-state index contributed by atoms with van der Waals surface area (Å²) in [6.07, 6.45) is 1.37. The Morgan fingerprint density at radius 2 is 1.79 bits per heavy atom. The lowest BCUT2D eigenvalue weighted by Gasteiger charge is -2.06. The number of ether oxygens (including phenoxy) is 2. The van der Waals surface area contributed by atoms with Gasteiger partial charge in [0.15, 0.2) is 5.76 Å². The molecule has 8 heteroatoms. The Kier molecular flexibility index (Phi) is 6.46. The first kappa shape index (κ1) is 20.3. The second kappa shape index (κ2) is 9.20. The predicted octanol–water partition coefficient (Wildman–Crippen LogP) is 4.44. The van der Waals surface area contributed by atoms with Crippen LogP contribution in [0.3, 0.4) is 0 Å². The van der Waals surface area contributed by atoms with Gasteiger partial charge in [0.05, 0.1) is 18.4 Å². The van der Waals surface area contributed by atoms with Gasteiger partial charge in [-0.05, 0) is 37.1 Å². The average Bonchev–Trinajstić information content (AvgIpc) is 3.35. The van der Waals surface area contributed by atoms with Crippen molar-refractivity contribution in [1.29, 1.82) is 0 Å². The molecule has 2 aromatic heterocycles. The lowest BCUT2D eigenvalue weighted by molar-refractivity contribution is 0.0477. The number of hydrogen-bond acceptors (Lipinski definition) is 7. The van der Waals surface area contributed by atoms with E-state index in [1.54, 1.807) is 19.9 Å². The molecule has 0 bridgehead atoms. The highest BCUT2D eigenvalue weighted by Gasteiger charge is 2.28. The van der Waals surface area contributed by atoms with Crippen molar-refractivity contribution in [3.8, 4) is 0 Å². The number of hydrogen-bond donors (Lipinski definition) is 1. The number of anilines is 1. The van der Waals surface area contributed by atoms with E-state index in [-0.39, 0.29) is 34.4 Å². The summed E-state index contributed by atoms with van der Waals surface area (Å²) >= 11 is 0.960. The van der Waals surface area contributed by atoms with Crippen LogP contribution in [-0.2, 0) is 16.1 Å². The molecule has 0 unspecified atom stereocenters. The topological polar surface area (TPSA) is 94.8 Å². The Bertz CT molecular complexity index is 1010. The molecule has 0 radical (unpaired) electrons. The molecule has 0 saturated carbocycles. The molecule has 0 atom stereocenters. The van der Waals surface area contributed by atoms with Crippen molar-refractivity contribution in [2.75, 3.05) is 11.9 Å². The summed E-state index contributed by atoms with van der Waals surface area (Å²) in [7, 11) is 0. The smallest absolute Gasteiger partial charge is 0.349 e. The summed E-state index contributed by atoms with van der Waals surface area (Å²) in [5, 5.41) is 2.82. The van der Waals surface area contributed by atoms with Gasteiger partial charge in [-0.3, -0.25) is 4.79 Å². The molecule has 0 spiro atoms. The van der Waals surface area contributed by atoms with Crippen molar-refractivity contribution < 1.29 is 28.3 Å². The van der Waals surface area contributed by atoms with Crippen molar-refractivity contribution in [3.63, 3.8) is 0 Å². The zero-order valence-corrected chi connectivity index (χ0v) is 16.7. The molecule has 1 aromatic carbocycles. The fourth-order valence-corrected chi connectivity index (χ4v) is 3.69. The SMILES string of the molecule is CCOC(=O)c1c(NC(=O)c2ccco2)sc(C(=O)OCc2ccccc2)c1C. The molecule has 150 valence electrons. The Morgan fingerprint density at radius 3 is 2.45 bits per heavy atom. The van der Waals surface area contributed by atoms with Gasteiger partial charge < -0.3 is 19.2 Å². The lowest BCUT2D eigenvalue weighted by atomic mass is 10.1. The third-order valence-corrected chi connectivity index (χ3v) is 5.18. The summed E-state index contributed by atoms with van der Waals surface area (Å²) in [5.41, 5.74) is 1.36. The molecule has 7 nitrogen and oxygen atoms in total. The molecular weight excluding hydrogens is 394 g/mol. The molecule has 1 amide bonds. The van der Waals surface area contributed by atoms with Gasteiger partial charge in [0.2, 0.25) is 0 Å². The van der Waals surface area contributed by atoms with Gasteiger partial charge in [0.25, 0.3) is 5.91 Å². The monoisotopic (exact) mass is 413 g/mol. The van der Waals surface area contributed by atoms with E-state index in [2.05, 4.69) is 5.32 Å². The molecule has 0 aliphatic carbocycles. The summed E-state index contributed by atoms with van der Waals surface area (Å²) in [6, 6.07) is 12.3. The van der Waals surface area contributed by atoms with Crippen molar-refractivity contribution in [1.82, 2.24) is 0 Å². The number of amides is 1. The number of rotatable bonds is 7. The largest absolute Gasteiger partial charge is 0.462 e. The van der Waals surface area contributed by atoms with Gasteiger partial charge in [-0.15, -0.1) is 11.3 Å². The average molecular weight is 413 g/mol. The molecule has 0 fully saturated rings. The molecule has 2 heterocycles. The summed E-state index contributed by atoms with van der Waals surface area (Å²) < 4.78 is 15.5. The van der Waals surface area contributed by atoms with E-state index in [0.717, 1.165) is 16.9 Å². The highest BCUT2D eigenvalue weighted by Crippen LogP contribution is 2.34. The van der Waals surface area contributed by atoms with Gasteiger partial charge in [-0.2, -0.15) is 0 Å². The maximum absolute atomic E-state index is 12.6. The standard InChI is InChI=1S/C21H19NO6S/c1-3-26-20(24)16-13(2)17(21(25)28-12-14-8-5-4-6-9-14)29-19(16)22-18(23)15-10-7-11-27-15/h4-11H,3,12H2,1-2H3,(H,22,23). The lowest BCUT2D eigenvalue weighted by Crippen LogP contribution is -2.14. The van der Waals surface area contributed by atoms with E-state index in [1.807, 2.05) is 30.3 Å². The number of furan rings is 1. The van der Waals surface area contributed by atoms with E-state index >= 15 is 0 Å². The predicted molar refractivity (Wildman–Crippen MR) is 107 cm³/mol. The van der Waals surface area contributed by atoms with Crippen molar-refractivity contribution in [2.45, 2.75) is 20.5 Å². The van der Waals surface area contributed by atoms with Gasteiger partial charge in [-0.1, -0.05) is 30.3 Å². The van der Waals surface area contributed by atoms with Crippen LogP contribution in [0.2, 0.25) is 0 Å². The van der Waals surface area contributed by atoms with Crippen molar-refractivity contribution >= 4 is 34.2 Å². The molecular formula is C21H19NO6S. The van der Waals surface area contributed by atoms with Gasteiger partial charge >= 0.3 is 11.9 Å². The van der Waals surface area contributed by atoms with E-state index < -0.39 is 17.8 Å². The normalized spacial score (nSPS) is 10.4. The van der Waals surface area contributed by atoms with E-state index in [0.29, 0.717) is 5.56 Å². The Morgan fingerprint density at radius 1 is 1.03 bits per heavy atom. The highest BCUT2D eigenvalue weighted by atomic mass is 32.1. The molecule has 0 aliphatic rings. The Labute approximate surface area is 171 Å². The fraction of sp³-hybridized carbons (Fsp3) is 0.190. The molecule has 3 rings (SSSR count). The zero-order valence-electron chi connectivity index (χ0n) is 15.9. The Hall–Kier alpha value is -3.39. The van der Waals surface area contributed by atoms with E-state index in [4.69, 9.17) is 13.9 Å². The van der Waals surface area contributed by atoms with Gasteiger partial charge in [-0.25, -0.2) is 9.59 Å². The van der Waals surface area contributed by atoms with Gasteiger partial charge in [0, 0.05) is 0 Å². The zero-order chi connectivity index (χ0) is 20.8. The number of carbonyl (C=O) groups excluding carboxylic acids is 3. The fourth-order valence-electron chi connectivity index (χ4n) is 2.61. The third kappa shape index (κ3) is 4.72. The van der Waals surface area contributed by atoms with Crippen LogP contribution in [0.1, 0.15) is 48.6 Å². The number of thiophene rings is 1. The minimum Gasteiger partial charge on any atom is -0.462 e. The van der Waals surface area contributed by atoms with Crippen LogP contribution in [0.15, 0.2) is 53.1 Å². The van der Waals surface area contributed by atoms with Crippen LogP contribution in [0.25, 0.3) is 0 Å².